The molecule has 1 fully saturated rings. The molecule has 12 heteroatoms. The monoisotopic (exact) mass is 471 g/mol. The zero-order valence-electron chi connectivity index (χ0n) is 17.7. The number of hydrogen-bond acceptors (Lipinski definition) is 7. The van der Waals surface area contributed by atoms with Crippen LogP contribution in [0.5, 0.6) is 5.75 Å². The molecule has 0 spiro atoms. The summed E-state index contributed by atoms with van der Waals surface area (Å²) in [4.78, 5) is 24.9. The first kappa shape index (κ1) is 22.4. The number of rotatable bonds is 6. The third kappa shape index (κ3) is 4.56. The Bertz CT molecular complexity index is 1260. The summed E-state index contributed by atoms with van der Waals surface area (Å²) >= 11 is 0. The fourth-order valence-corrected chi connectivity index (χ4v) is 4.92. The summed E-state index contributed by atoms with van der Waals surface area (Å²) in [5.74, 6) is 0.259. The molecule has 0 saturated carbocycles. The van der Waals surface area contributed by atoms with Crippen molar-refractivity contribution in [2.75, 3.05) is 33.3 Å². The molecule has 0 radical (unpaired) electrons. The molecule has 2 aromatic carbocycles. The Morgan fingerprint density at radius 1 is 1.00 bits per heavy atom. The van der Waals surface area contributed by atoms with Crippen molar-refractivity contribution >= 4 is 21.6 Å². The maximum absolute atomic E-state index is 12.9. The minimum atomic E-state index is -3.67. The quantitative estimate of drug-likeness (QED) is 0.397. The number of aromatic nitrogens is 2. The highest BCUT2D eigenvalue weighted by molar-refractivity contribution is 7.89. The molecule has 11 nitrogen and oxygen atoms in total. The molecule has 172 valence electrons. The number of carbonyl (C=O) groups excluding carboxylic acids is 1. The van der Waals surface area contributed by atoms with Crippen LogP contribution in [0.15, 0.2) is 65.7 Å². The Balaban J connectivity index is 1.41. The first-order valence-electron chi connectivity index (χ1n) is 10.0. The van der Waals surface area contributed by atoms with Crippen LogP contribution >= 0.6 is 0 Å². The maximum atomic E-state index is 12.9. The number of nitro groups is 1. The van der Waals surface area contributed by atoms with Gasteiger partial charge in [-0.3, -0.25) is 14.9 Å². The first-order chi connectivity index (χ1) is 15.8. The Labute approximate surface area is 190 Å². The fourth-order valence-electron chi connectivity index (χ4n) is 3.50. The highest BCUT2D eigenvalue weighted by atomic mass is 32.2. The van der Waals surface area contributed by atoms with E-state index in [4.69, 9.17) is 4.74 Å². The Morgan fingerprint density at radius 3 is 2.21 bits per heavy atom. The average Bonchev–Trinajstić information content (AvgIpc) is 3.34. The molecule has 1 aliphatic rings. The van der Waals surface area contributed by atoms with E-state index in [1.54, 1.807) is 41.4 Å². The third-order valence-electron chi connectivity index (χ3n) is 5.36. The van der Waals surface area contributed by atoms with Crippen LogP contribution in [0.1, 0.15) is 10.5 Å². The molecule has 4 rings (SSSR count). The number of benzene rings is 2. The van der Waals surface area contributed by atoms with Crippen molar-refractivity contribution < 1.29 is 22.9 Å². The molecule has 0 atom stereocenters. The van der Waals surface area contributed by atoms with Gasteiger partial charge in [0.05, 0.1) is 22.6 Å². The van der Waals surface area contributed by atoms with Gasteiger partial charge in [0, 0.05) is 44.5 Å². The number of sulfonamides is 1. The molecule has 1 aromatic heterocycles. The molecule has 33 heavy (non-hydrogen) atoms. The Hall–Kier alpha value is -3.77. The Morgan fingerprint density at radius 2 is 1.64 bits per heavy atom. The largest absolute Gasteiger partial charge is 0.497 e. The lowest BCUT2D eigenvalue weighted by molar-refractivity contribution is -0.384. The molecule has 0 N–H and O–H groups in total. The predicted molar refractivity (Wildman–Crippen MR) is 118 cm³/mol. The van der Waals surface area contributed by atoms with Crippen molar-refractivity contribution in [3.05, 3.63) is 76.6 Å². The summed E-state index contributed by atoms with van der Waals surface area (Å²) in [5, 5.41) is 15.1. The molecular formula is C21H21N5O6S. The van der Waals surface area contributed by atoms with Crippen LogP contribution in [0.3, 0.4) is 0 Å². The van der Waals surface area contributed by atoms with Gasteiger partial charge in [0.25, 0.3) is 11.6 Å². The second kappa shape index (κ2) is 9.00. The van der Waals surface area contributed by atoms with Gasteiger partial charge in [-0.1, -0.05) is 0 Å². The fraction of sp³-hybridized carbons (Fsp3) is 0.238. The molecule has 1 amide bonds. The maximum Gasteiger partial charge on any atom is 0.274 e. The topological polar surface area (TPSA) is 128 Å². The molecule has 0 bridgehead atoms. The predicted octanol–water partition coefficient (Wildman–Crippen LogP) is 1.94. The molecule has 1 aliphatic heterocycles. The molecule has 1 saturated heterocycles. The summed E-state index contributed by atoms with van der Waals surface area (Å²) in [6.07, 6.45) is 1.60. The van der Waals surface area contributed by atoms with E-state index in [1.165, 1.54) is 40.4 Å². The number of methoxy groups -OCH3 is 1. The summed E-state index contributed by atoms with van der Waals surface area (Å²) in [6, 6.07) is 13.5. The number of nitro benzene ring substituents is 1. The van der Waals surface area contributed by atoms with Crippen LogP contribution in [0.25, 0.3) is 5.69 Å². The van der Waals surface area contributed by atoms with E-state index in [2.05, 4.69) is 5.10 Å². The van der Waals surface area contributed by atoms with E-state index in [9.17, 15) is 23.3 Å². The van der Waals surface area contributed by atoms with E-state index >= 15 is 0 Å². The second-order valence-corrected chi connectivity index (χ2v) is 9.23. The van der Waals surface area contributed by atoms with Gasteiger partial charge in [0.1, 0.15) is 5.75 Å². The van der Waals surface area contributed by atoms with Crippen molar-refractivity contribution in [3.63, 3.8) is 0 Å². The van der Waals surface area contributed by atoms with Gasteiger partial charge in [0.15, 0.2) is 5.69 Å². The van der Waals surface area contributed by atoms with Crippen molar-refractivity contribution in [2.45, 2.75) is 4.90 Å². The molecule has 0 unspecified atom stereocenters. The van der Waals surface area contributed by atoms with Crippen LogP contribution < -0.4 is 4.74 Å². The van der Waals surface area contributed by atoms with E-state index in [-0.39, 0.29) is 48.4 Å². The van der Waals surface area contributed by atoms with Crippen molar-refractivity contribution in [3.8, 4) is 11.4 Å². The van der Waals surface area contributed by atoms with E-state index in [0.717, 1.165) is 0 Å². The number of piperazine rings is 1. The van der Waals surface area contributed by atoms with Crippen molar-refractivity contribution in [2.24, 2.45) is 0 Å². The lowest BCUT2D eigenvalue weighted by Gasteiger charge is -2.33. The van der Waals surface area contributed by atoms with Crippen molar-refractivity contribution in [1.82, 2.24) is 19.0 Å². The van der Waals surface area contributed by atoms with Crippen LogP contribution in [0, 0.1) is 10.1 Å². The first-order valence-corrected chi connectivity index (χ1v) is 11.5. The summed E-state index contributed by atoms with van der Waals surface area (Å²) in [6.45, 7) is 0.809. The summed E-state index contributed by atoms with van der Waals surface area (Å²) < 4.78 is 33.6. The van der Waals surface area contributed by atoms with Crippen LogP contribution in [-0.2, 0) is 10.0 Å². The number of amides is 1. The van der Waals surface area contributed by atoms with E-state index < -0.39 is 14.9 Å². The highest BCUT2D eigenvalue weighted by Crippen LogP contribution is 2.21. The number of non-ortho nitro benzene ring substituents is 1. The third-order valence-corrected chi connectivity index (χ3v) is 7.27. The molecular weight excluding hydrogens is 450 g/mol. The van der Waals surface area contributed by atoms with Gasteiger partial charge < -0.3 is 9.64 Å². The Kier molecular flexibility index (Phi) is 6.11. The number of ether oxygens (including phenoxy) is 1. The summed E-state index contributed by atoms with van der Waals surface area (Å²) in [7, 11) is -2.16. The lowest BCUT2D eigenvalue weighted by atomic mass is 10.3. The molecule has 2 heterocycles. The second-order valence-electron chi connectivity index (χ2n) is 7.29. The highest BCUT2D eigenvalue weighted by Gasteiger charge is 2.31. The minimum absolute atomic E-state index is 0.0373. The van der Waals surface area contributed by atoms with E-state index in [0.29, 0.717) is 11.4 Å². The smallest absolute Gasteiger partial charge is 0.274 e. The average molecular weight is 471 g/mol. The van der Waals surface area contributed by atoms with Gasteiger partial charge in [-0.25, -0.2) is 13.1 Å². The normalized spacial score (nSPS) is 14.8. The zero-order chi connectivity index (χ0) is 23.6. The number of nitrogens with zero attached hydrogens (tertiary/aromatic N) is 5. The van der Waals surface area contributed by atoms with Crippen molar-refractivity contribution in [1.29, 1.82) is 0 Å². The van der Waals surface area contributed by atoms with Crippen LogP contribution in [-0.4, -0.2) is 71.5 Å². The summed E-state index contributed by atoms with van der Waals surface area (Å²) in [5.41, 5.74) is 0.750. The van der Waals surface area contributed by atoms with Gasteiger partial charge >= 0.3 is 0 Å². The van der Waals surface area contributed by atoms with E-state index in [1.807, 2.05) is 0 Å². The number of carbonyl (C=O) groups is 1. The minimum Gasteiger partial charge on any atom is -0.497 e. The van der Waals surface area contributed by atoms with Gasteiger partial charge in [0.2, 0.25) is 10.0 Å². The van der Waals surface area contributed by atoms with Gasteiger partial charge in [-0.05, 0) is 42.5 Å². The standard InChI is InChI=1S/C21H21N5O6S/c1-32-18-6-8-19(9-7-18)33(30,31)24-14-12-23(13-15-24)21(27)20-10-11-25(22-20)16-2-4-17(5-3-16)26(28)29/h2-11H,12-15H2,1H3. The molecule has 3 aromatic rings. The van der Waals surface area contributed by atoms with Gasteiger partial charge in [-0.2, -0.15) is 9.40 Å². The van der Waals surface area contributed by atoms with Crippen LogP contribution in [0.4, 0.5) is 5.69 Å². The SMILES string of the molecule is COc1ccc(S(=O)(=O)N2CCN(C(=O)c3ccn(-c4ccc([N+](=O)[O-])cc4)n3)CC2)cc1. The van der Waals surface area contributed by atoms with Crippen LogP contribution in [0.2, 0.25) is 0 Å². The lowest BCUT2D eigenvalue weighted by Crippen LogP contribution is -2.50. The van der Waals surface area contributed by atoms with Gasteiger partial charge in [-0.15, -0.1) is 0 Å². The number of hydrogen-bond donors (Lipinski definition) is 0. The molecule has 0 aliphatic carbocycles. The zero-order valence-corrected chi connectivity index (χ0v) is 18.5.